The average Bonchev–Trinajstić information content (AvgIpc) is 2.12. The van der Waals surface area contributed by atoms with E-state index in [1.165, 1.54) is 0 Å². The van der Waals surface area contributed by atoms with Crippen molar-refractivity contribution >= 4 is 17.4 Å². The zero-order valence-electron chi connectivity index (χ0n) is 6.48. The normalized spacial score (nSPS) is 10.2. The number of benzene rings is 1. The van der Waals surface area contributed by atoms with Gasteiger partial charge in [-0.25, -0.2) is 8.78 Å². The first-order valence-corrected chi connectivity index (χ1v) is 3.82. The number of hydrogen-bond donors (Lipinski definition) is 1. The van der Waals surface area contributed by atoms with Crippen LogP contribution >= 0.6 is 11.6 Å². The van der Waals surface area contributed by atoms with E-state index in [1.807, 2.05) is 0 Å². The molecule has 2 N–H and O–H groups in total. The summed E-state index contributed by atoms with van der Waals surface area (Å²) in [5, 5.41) is -0.293. The van der Waals surface area contributed by atoms with Gasteiger partial charge in [0.1, 0.15) is 5.82 Å². The summed E-state index contributed by atoms with van der Waals surface area (Å²) in [5.74, 6) is -2.81. The Hall–Kier alpha value is -1.000. The molecule has 0 heterocycles. The predicted molar refractivity (Wildman–Crippen MR) is 44.8 cm³/mol. The quantitative estimate of drug-likeness (QED) is 0.591. The standard InChI is InChI=1S/C8H6ClF2NO/c9-4-1-2-5(10)7(8(4)11)6(13)3-12/h1-2H,3,12H2. The van der Waals surface area contributed by atoms with E-state index in [1.54, 1.807) is 0 Å². The number of ketones is 1. The lowest BCUT2D eigenvalue weighted by molar-refractivity contribution is 0.0993. The molecule has 0 aliphatic carbocycles. The van der Waals surface area contributed by atoms with Gasteiger partial charge in [-0.15, -0.1) is 0 Å². The number of nitrogens with two attached hydrogens (primary N) is 1. The summed E-state index contributed by atoms with van der Waals surface area (Å²) >= 11 is 5.35. The van der Waals surface area contributed by atoms with Gasteiger partial charge in [-0.2, -0.15) is 0 Å². The van der Waals surface area contributed by atoms with Crippen LogP contribution in [0.4, 0.5) is 8.78 Å². The summed E-state index contributed by atoms with van der Waals surface area (Å²) in [4.78, 5) is 10.9. The molecule has 0 saturated heterocycles. The summed E-state index contributed by atoms with van der Waals surface area (Å²) in [6.45, 7) is -0.450. The lowest BCUT2D eigenvalue weighted by Crippen LogP contribution is -2.17. The van der Waals surface area contributed by atoms with Gasteiger partial charge in [0.2, 0.25) is 0 Å². The topological polar surface area (TPSA) is 43.1 Å². The van der Waals surface area contributed by atoms with Crippen LogP contribution in [0.15, 0.2) is 12.1 Å². The van der Waals surface area contributed by atoms with E-state index in [0.29, 0.717) is 0 Å². The van der Waals surface area contributed by atoms with E-state index in [2.05, 4.69) is 0 Å². The molecule has 0 aliphatic rings. The van der Waals surface area contributed by atoms with Gasteiger partial charge in [0, 0.05) is 0 Å². The zero-order chi connectivity index (χ0) is 10.0. The highest BCUT2D eigenvalue weighted by molar-refractivity contribution is 6.31. The molecule has 0 atom stereocenters. The molecule has 0 fully saturated rings. The summed E-state index contributed by atoms with van der Waals surface area (Å²) in [5.41, 5.74) is 4.29. The van der Waals surface area contributed by atoms with Crippen molar-refractivity contribution in [3.8, 4) is 0 Å². The van der Waals surface area contributed by atoms with Crippen molar-refractivity contribution in [2.24, 2.45) is 5.73 Å². The average molecular weight is 206 g/mol. The van der Waals surface area contributed by atoms with Crippen molar-refractivity contribution in [3.63, 3.8) is 0 Å². The minimum Gasteiger partial charge on any atom is -0.324 e. The minimum absolute atomic E-state index is 0.293. The second-order valence-electron chi connectivity index (χ2n) is 2.35. The van der Waals surface area contributed by atoms with Crippen LogP contribution in [0, 0.1) is 11.6 Å². The van der Waals surface area contributed by atoms with Crippen LogP contribution in [0.3, 0.4) is 0 Å². The van der Waals surface area contributed by atoms with Crippen molar-refractivity contribution in [3.05, 3.63) is 34.4 Å². The first kappa shape index (κ1) is 10.1. The van der Waals surface area contributed by atoms with Gasteiger partial charge in [0.15, 0.2) is 11.6 Å². The first-order valence-electron chi connectivity index (χ1n) is 3.44. The van der Waals surface area contributed by atoms with Crippen LogP contribution in [0.2, 0.25) is 5.02 Å². The minimum atomic E-state index is -1.06. The number of carbonyl (C=O) groups is 1. The fourth-order valence-electron chi connectivity index (χ4n) is 0.885. The van der Waals surface area contributed by atoms with Gasteiger partial charge in [0.05, 0.1) is 17.1 Å². The van der Waals surface area contributed by atoms with Gasteiger partial charge in [-0.05, 0) is 12.1 Å². The van der Waals surface area contributed by atoms with Crippen molar-refractivity contribution in [2.45, 2.75) is 0 Å². The molecule has 0 spiro atoms. The third-order valence-electron chi connectivity index (χ3n) is 1.51. The molecule has 0 aliphatic heterocycles. The lowest BCUT2D eigenvalue weighted by atomic mass is 10.1. The molecule has 1 aromatic carbocycles. The van der Waals surface area contributed by atoms with Gasteiger partial charge in [-0.1, -0.05) is 11.6 Å². The Labute approximate surface area is 78.3 Å². The van der Waals surface area contributed by atoms with E-state index in [9.17, 15) is 13.6 Å². The molecule has 0 unspecified atom stereocenters. The van der Waals surface area contributed by atoms with E-state index >= 15 is 0 Å². The van der Waals surface area contributed by atoms with Gasteiger partial charge >= 0.3 is 0 Å². The first-order chi connectivity index (χ1) is 6.07. The molecule has 70 valence electrons. The molecular formula is C8H6ClF2NO. The number of halogens is 3. The molecule has 5 heteroatoms. The predicted octanol–water partition coefficient (Wildman–Crippen LogP) is 1.76. The molecule has 0 bridgehead atoms. The molecular weight excluding hydrogens is 200 g/mol. The van der Waals surface area contributed by atoms with Crippen LogP contribution in [0.25, 0.3) is 0 Å². The second kappa shape index (κ2) is 3.81. The molecule has 0 aromatic heterocycles. The van der Waals surface area contributed by atoms with Gasteiger partial charge in [-0.3, -0.25) is 4.79 Å². The zero-order valence-corrected chi connectivity index (χ0v) is 7.24. The number of carbonyl (C=O) groups excluding carboxylic acids is 1. The van der Waals surface area contributed by atoms with Crippen LogP contribution in [-0.2, 0) is 0 Å². The van der Waals surface area contributed by atoms with E-state index < -0.39 is 29.5 Å². The maximum absolute atomic E-state index is 13.1. The Morgan fingerprint density at radius 2 is 2.08 bits per heavy atom. The van der Waals surface area contributed by atoms with Gasteiger partial charge < -0.3 is 5.73 Å². The second-order valence-corrected chi connectivity index (χ2v) is 2.75. The number of Topliss-reactive ketones (excluding diaryl/α,β-unsaturated/α-hetero) is 1. The molecule has 1 rings (SSSR count). The molecule has 0 amide bonds. The fraction of sp³-hybridized carbons (Fsp3) is 0.125. The van der Waals surface area contributed by atoms with Crippen LogP contribution in [-0.4, -0.2) is 12.3 Å². The highest BCUT2D eigenvalue weighted by atomic mass is 35.5. The molecule has 1 aromatic rings. The third-order valence-corrected chi connectivity index (χ3v) is 1.80. The van der Waals surface area contributed by atoms with E-state index in [4.69, 9.17) is 17.3 Å². The third kappa shape index (κ3) is 1.84. The SMILES string of the molecule is NCC(=O)c1c(F)ccc(Cl)c1F. The Kier molecular flexibility index (Phi) is 2.95. The largest absolute Gasteiger partial charge is 0.324 e. The summed E-state index contributed by atoms with van der Waals surface area (Å²) in [6, 6.07) is 1.97. The highest BCUT2D eigenvalue weighted by Gasteiger charge is 2.18. The van der Waals surface area contributed by atoms with Crippen LogP contribution < -0.4 is 5.73 Å². The molecule has 2 nitrogen and oxygen atoms in total. The van der Waals surface area contributed by atoms with Crippen molar-refractivity contribution in [2.75, 3.05) is 6.54 Å². The Bertz CT molecular complexity index is 354. The smallest absolute Gasteiger partial charge is 0.182 e. The van der Waals surface area contributed by atoms with Crippen molar-refractivity contribution < 1.29 is 13.6 Å². The van der Waals surface area contributed by atoms with E-state index in [-0.39, 0.29) is 5.02 Å². The van der Waals surface area contributed by atoms with Crippen molar-refractivity contribution in [1.82, 2.24) is 0 Å². The monoisotopic (exact) mass is 205 g/mol. The highest BCUT2D eigenvalue weighted by Crippen LogP contribution is 2.20. The lowest BCUT2D eigenvalue weighted by Gasteiger charge is -2.02. The summed E-state index contributed by atoms with van der Waals surface area (Å²) in [6.07, 6.45) is 0. The number of hydrogen-bond acceptors (Lipinski definition) is 2. The maximum Gasteiger partial charge on any atom is 0.182 e. The van der Waals surface area contributed by atoms with Crippen molar-refractivity contribution in [1.29, 1.82) is 0 Å². The number of rotatable bonds is 2. The molecule has 0 saturated carbocycles. The molecule has 13 heavy (non-hydrogen) atoms. The van der Waals surface area contributed by atoms with Crippen LogP contribution in [0.1, 0.15) is 10.4 Å². The van der Waals surface area contributed by atoms with E-state index in [0.717, 1.165) is 12.1 Å². The summed E-state index contributed by atoms with van der Waals surface area (Å²) < 4.78 is 25.9. The van der Waals surface area contributed by atoms with Gasteiger partial charge in [0.25, 0.3) is 0 Å². The Morgan fingerprint density at radius 1 is 1.46 bits per heavy atom. The summed E-state index contributed by atoms with van der Waals surface area (Å²) in [7, 11) is 0. The maximum atomic E-state index is 13.1. The van der Waals surface area contributed by atoms with Crippen LogP contribution in [0.5, 0.6) is 0 Å². The fourth-order valence-corrected chi connectivity index (χ4v) is 1.04. The Morgan fingerprint density at radius 3 is 2.62 bits per heavy atom. The molecule has 0 radical (unpaired) electrons. The Balaban J connectivity index is 3.33.